The summed E-state index contributed by atoms with van der Waals surface area (Å²) >= 11 is 2.27. The molecule has 11 rings (SSSR count). The van der Waals surface area contributed by atoms with Crippen molar-refractivity contribution in [2.24, 2.45) is 0 Å². The summed E-state index contributed by atoms with van der Waals surface area (Å²) in [5.41, 5.74) is 5.05. The van der Waals surface area contributed by atoms with Crippen LogP contribution in [0, 0.1) is 27.7 Å². The fourth-order valence-electron chi connectivity index (χ4n) is 11.9. The molecule has 8 heteroatoms. The zero-order chi connectivity index (χ0) is 52.3. The van der Waals surface area contributed by atoms with E-state index in [0.717, 1.165) is 67.2 Å². The Balaban J connectivity index is 1.04. The predicted octanol–water partition coefficient (Wildman–Crippen LogP) is 19.0. The van der Waals surface area contributed by atoms with E-state index in [4.69, 9.17) is 0 Å². The van der Waals surface area contributed by atoms with E-state index in [1.807, 2.05) is 158 Å². The Morgan fingerprint density at radius 3 is 0.733 bits per heavy atom. The number of aryl methyl sites for hydroxylation is 2. The van der Waals surface area contributed by atoms with Crippen molar-refractivity contribution in [1.82, 2.24) is 0 Å². The highest BCUT2D eigenvalue weighted by atomic mass is 32.1. The molecule has 2 heterocycles. The molecule has 0 unspecified atom stereocenters. The van der Waals surface area contributed by atoms with Gasteiger partial charge in [-0.3, -0.25) is 0 Å². The molecule has 0 fully saturated rings. The van der Waals surface area contributed by atoms with E-state index in [1.54, 1.807) is 27.7 Å². The lowest BCUT2D eigenvalue weighted by Crippen LogP contribution is -2.49. The lowest BCUT2D eigenvalue weighted by molar-refractivity contribution is -0.254. The van der Waals surface area contributed by atoms with E-state index >= 15 is 26.3 Å². The summed E-state index contributed by atoms with van der Waals surface area (Å²) in [6.45, 7) is 6.23. The molecule has 0 bridgehead atoms. The Hall–Kier alpha value is -7.52. The molecule has 0 atom stereocenters. The Labute approximate surface area is 442 Å². The molecule has 0 saturated heterocycles. The molecule has 75 heavy (non-hydrogen) atoms. The highest BCUT2D eigenvalue weighted by molar-refractivity contribution is 7.16. The highest BCUT2D eigenvalue weighted by Gasteiger charge is 2.80. The van der Waals surface area contributed by atoms with Crippen molar-refractivity contribution >= 4 is 33.8 Å². The molecular weight excluding hydrogens is 983 g/mol. The zero-order valence-electron chi connectivity index (χ0n) is 41.5. The summed E-state index contributed by atoms with van der Waals surface area (Å²) in [6, 6.07) is 76.6. The standard InChI is InChI=1S/C67H50F6S2/c1-43-57(45(3)74-61(43)47-35-39-55(40-36-47)63(49-23-11-5-12-24-49,50-25-13-6-14-26-50)51-27-15-7-16-28-51)59-60(66(70,71)67(72,73)65(59,68)69)58-44(2)62(75-46(58)4)48-37-41-56(42-38-48)64(52-29-17-8-18-30-52,53-31-19-9-20-32-53)54-33-21-10-22-34-54/h5-42H,1-4H3. The molecule has 0 amide bonds. The minimum absolute atomic E-state index is 0.228. The summed E-state index contributed by atoms with van der Waals surface area (Å²) in [6.07, 6.45) is 0. The number of rotatable bonds is 12. The fraction of sp³-hybridized carbons (Fsp3) is 0.134. The molecule has 0 saturated carbocycles. The van der Waals surface area contributed by atoms with Gasteiger partial charge < -0.3 is 0 Å². The second-order valence-corrected chi connectivity index (χ2v) is 21.7. The SMILES string of the molecule is Cc1sc(-c2ccc(C(c3ccccc3)(c3ccccc3)c3ccccc3)cc2)c(C)c1C1=C(c2c(C)sc(-c3ccc(C(c4ccccc4)(c4ccccc4)c4ccccc4)cc3)c2C)C(F)(F)C(F)(F)C1(F)F. The van der Waals surface area contributed by atoms with Crippen LogP contribution in [-0.4, -0.2) is 17.8 Å². The lowest BCUT2D eigenvalue weighted by Gasteiger charge is -2.37. The van der Waals surface area contributed by atoms with Gasteiger partial charge in [-0.05, 0) is 94.5 Å². The molecule has 372 valence electrons. The van der Waals surface area contributed by atoms with Gasteiger partial charge in [-0.2, -0.15) is 26.3 Å². The maximum absolute atomic E-state index is 16.8. The van der Waals surface area contributed by atoms with Crippen LogP contribution in [-0.2, 0) is 10.8 Å². The van der Waals surface area contributed by atoms with Crippen LogP contribution in [0.2, 0.25) is 0 Å². The Morgan fingerprint density at radius 1 is 0.293 bits per heavy atom. The zero-order valence-corrected chi connectivity index (χ0v) is 43.2. The number of benzene rings is 8. The van der Waals surface area contributed by atoms with E-state index < -0.39 is 39.7 Å². The molecule has 1 aliphatic rings. The third kappa shape index (κ3) is 7.62. The number of alkyl halides is 6. The number of hydrogen-bond acceptors (Lipinski definition) is 2. The van der Waals surface area contributed by atoms with E-state index in [-0.39, 0.29) is 32.0 Å². The van der Waals surface area contributed by atoms with Gasteiger partial charge >= 0.3 is 17.8 Å². The third-order valence-electron chi connectivity index (χ3n) is 15.2. The molecular formula is C67H50F6S2. The number of hydrogen-bond donors (Lipinski definition) is 0. The second kappa shape index (κ2) is 19.0. The summed E-state index contributed by atoms with van der Waals surface area (Å²) in [4.78, 5) is 1.52. The Bertz CT molecular complexity index is 3240. The number of halogens is 6. The molecule has 0 N–H and O–H groups in total. The van der Waals surface area contributed by atoms with Crippen LogP contribution in [0.25, 0.3) is 32.0 Å². The van der Waals surface area contributed by atoms with E-state index in [2.05, 4.69) is 72.8 Å². The molecule has 0 radical (unpaired) electrons. The Morgan fingerprint density at radius 2 is 0.507 bits per heavy atom. The van der Waals surface area contributed by atoms with Gasteiger partial charge in [-0.1, -0.05) is 231 Å². The van der Waals surface area contributed by atoms with Crippen LogP contribution < -0.4 is 0 Å². The van der Waals surface area contributed by atoms with Gasteiger partial charge in [0, 0.05) is 41.8 Å². The van der Waals surface area contributed by atoms with Crippen molar-refractivity contribution in [3.63, 3.8) is 0 Å². The maximum atomic E-state index is 16.8. The minimum Gasteiger partial charge on any atom is -0.194 e. The molecule has 1 aliphatic carbocycles. The number of thiophene rings is 2. The Kier molecular flexibility index (Phi) is 12.6. The molecule has 0 nitrogen and oxygen atoms in total. The van der Waals surface area contributed by atoms with E-state index in [0.29, 0.717) is 20.9 Å². The van der Waals surface area contributed by atoms with Crippen molar-refractivity contribution < 1.29 is 26.3 Å². The van der Waals surface area contributed by atoms with Crippen LogP contribution >= 0.6 is 22.7 Å². The van der Waals surface area contributed by atoms with Gasteiger partial charge in [0.2, 0.25) is 0 Å². The molecule has 8 aromatic carbocycles. The average molecular weight is 1030 g/mol. The van der Waals surface area contributed by atoms with Crippen molar-refractivity contribution in [3.05, 3.63) is 307 Å². The van der Waals surface area contributed by atoms with Crippen LogP contribution in [0.3, 0.4) is 0 Å². The minimum atomic E-state index is -5.72. The first-order chi connectivity index (χ1) is 36.2. The first kappa shape index (κ1) is 49.7. The maximum Gasteiger partial charge on any atom is 0.380 e. The van der Waals surface area contributed by atoms with Crippen molar-refractivity contribution in [2.45, 2.75) is 56.3 Å². The molecule has 0 spiro atoms. The normalized spacial score (nSPS) is 15.1. The van der Waals surface area contributed by atoms with Crippen LogP contribution in [0.4, 0.5) is 26.3 Å². The van der Waals surface area contributed by atoms with Gasteiger partial charge in [0.05, 0.1) is 10.8 Å². The number of allylic oxidation sites excluding steroid dienone is 2. The van der Waals surface area contributed by atoms with Crippen LogP contribution in [0.5, 0.6) is 0 Å². The first-order valence-corrected chi connectivity index (χ1v) is 26.4. The average Bonchev–Trinajstić information content (AvgIpc) is 3.99. The van der Waals surface area contributed by atoms with E-state index in [1.165, 1.54) is 0 Å². The van der Waals surface area contributed by atoms with Gasteiger partial charge in [-0.25, -0.2) is 0 Å². The van der Waals surface area contributed by atoms with E-state index in [9.17, 15) is 0 Å². The highest BCUT2D eigenvalue weighted by Crippen LogP contribution is 2.67. The van der Waals surface area contributed by atoms with Gasteiger partial charge in [0.15, 0.2) is 0 Å². The third-order valence-corrected chi connectivity index (χ3v) is 17.7. The second-order valence-electron chi connectivity index (χ2n) is 19.3. The summed E-state index contributed by atoms with van der Waals surface area (Å²) in [5.74, 6) is -16.2. The van der Waals surface area contributed by atoms with Gasteiger partial charge in [-0.15, -0.1) is 22.7 Å². The quantitative estimate of drug-likeness (QED) is 0.0845. The molecule has 10 aromatic rings. The largest absolute Gasteiger partial charge is 0.380 e. The van der Waals surface area contributed by atoms with Gasteiger partial charge in [0.25, 0.3) is 0 Å². The smallest absolute Gasteiger partial charge is 0.194 e. The fourth-order valence-corrected chi connectivity index (χ4v) is 14.2. The van der Waals surface area contributed by atoms with Gasteiger partial charge in [0.1, 0.15) is 0 Å². The molecule has 0 aliphatic heterocycles. The first-order valence-electron chi connectivity index (χ1n) is 24.8. The van der Waals surface area contributed by atoms with Crippen LogP contribution in [0.1, 0.15) is 76.5 Å². The summed E-state index contributed by atoms with van der Waals surface area (Å²) < 4.78 is 99.7. The van der Waals surface area contributed by atoms with Crippen molar-refractivity contribution in [1.29, 1.82) is 0 Å². The lowest BCUT2D eigenvalue weighted by atomic mass is 9.65. The summed E-state index contributed by atoms with van der Waals surface area (Å²) in [5, 5.41) is 0. The monoisotopic (exact) mass is 1030 g/mol. The van der Waals surface area contributed by atoms with Crippen LogP contribution in [0.15, 0.2) is 231 Å². The summed E-state index contributed by atoms with van der Waals surface area (Å²) in [7, 11) is 0. The predicted molar refractivity (Wildman–Crippen MR) is 297 cm³/mol. The van der Waals surface area contributed by atoms with Crippen molar-refractivity contribution in [3.8, 4) is 20.9 Å². The van der Waals surface area contributed by atoms with Crippen molar-refractivity contribution in [2.75, 3.05) is 0 Å². The topological polar surface area (TPSA) is 0 Å². The molecule has 2 aromatic heterocycles.